The highest BCUT2D eigenvalue weighted by atomic mass is 16.5. The van der Waals surface area contributed by atoms with E-state index in [0.717, 1.165) is 31.8 Å². The van der Waals surface area contributed by atoms with Gasteiger partial charge in [0.2, 0.25) is 0 Å². The summed E-state index contributed by atoms with van der Waals surface area (Å²) >= 11 is 0. The van der Waals surface area contributed by atoms with Crippen LogP contribution in [-0.4, -0.2) is 47.3 Å². The molecular formula is C14H26N4O. The van der Waals surface area contributed by atoms with Crippen molar-refractivity contribution in [3.8, 4) is 0 Å². The third-order valence-corrected chi connectivity index (χ3v) is 4.03. The second kappa shape index (κ2) is 5.90. The summed E-state index contributed by atoms with van der Waals surface area (Å²) in [5, 5.41) is 4.04. The van der Waals surface area contributed by atoms with Crippen molar-refractivity contribution in [2.75, 3.05) is 25.0 Å². The Morgan fingerprint density at radius 2 is 1.84 bits per heavy atom. The molecule has 0 atom stereocenters. The van der Waals surface area contributed by atoms with E-state index in [1.165, 1.54) is 0 Å². The first kappa shape index (κ1) is 14.3. The molecule has 0 bridgehead atoms. The van der Waals surface area contributed by atoms with Gasteiger partial charge in [-0.05, 0) is 26.7 Å². The van der Waals surface area contributed by atoms with Crippen molar-refractivity contribution in [3.63, 3.8) is 0 Å². The summed E-state index contributed by atoms with van der Waals surface area (Å²) in [5.74, 6) is 1.11. The topological polar surface area (TPSA) is 45.4 Å². The molecule has 108 valence electrons. The fourth-order valence-corrected chi connectivity index (χ4v) is 2.55. The largest absolute Gasteiger partial charge is 0.324 e. The lowest BCUT2D eigenvalue weighted by atomic mass is 10.0. The summed E-state index contributed by atoms with van der Waals surface area (Å²) < 4.78 is 5.37. The molecule has 1 fully saturated rings. The van der Waals surface area contributed by atoms with Crippen LogP contribution in [0.4, 0.5) is 6.01 Å². The van der Waals surface area contributed by atoms with Crippen molar-refractivity contribution in [1.82, 2.24) is 15.0 Å². The zero-order chi connectivity index (χ0) is 14.0. The van der Waals surface area contributed by atoms with Crippen LogP contribution in [0.3, 0.4) is 0 Å². The fraction of sp³-hybridized carbons (Fsp3) is 0.857. The van der Waals surface area contributed by atoms with Crippen LogP contribution < -0.4 is 4.90 Å². The SMILES string of the molecule is CC(C)c1noc(N(C)C2CCN(C(C)C)CC2)n1. The first-order valence-corrected chi connectivity index (χ1v) is 7.29. The van der Waals surface area contributed by atoms with Crippen molar-refractivity contribution in [1.29, 1.82) is 0 Å². The van der Waals surface area contributed by atoms with Gasteiger partial charge < -0.3 is 14.3 Å². The first-order valence-electron chi connectivity index (χ1n) is 7.29. The average molecular weight is 266 g/mol. The first-order chi connectivity index (χ1) is 8.99. The number of likely N-dealkylation sites (tertiary alicyclic amines) is 1. The number of piperidine rings is 1. The van der Waals surface area contributed by atoms with Crippen molar-refractivity contribution in [3.05, 3.63) is 5.82 Å². The Labute approximate surface area is 116 Å². The molecule has 19 heavy (non-hydrogen) atoms. The molecule has 0 spiro atoms. The minimum Gasteiger partial charge on any atom is -0.324 e. The van der Waals surface area contributed by atoms with Gasteiger partial charge in [-0.1, -0.05) is 19.0 Å². The molecule has 0 aliphatic carbocycles. The Bertz CT molecular complexity index is 394. The van der Waals surface area contributed by atoms with Crippen LogP contribution in [0.5, 0.6) is 0 Å². The maximum atomic E-state index is 5.37. The third kappa shape index (κ3) is 3.26. The Balaban J connectivity index is 1.95. The van der Waals surface area contributed by atoms with Gasteiger partial charge in [0.15, 0.2) is 5.82 Å². The van der Waals surface area contributed by atoms with Gasteiger partial charge in [0.05, 0.1) is 0 Å². The van der Waals surface area contributed by atoms with Crippen LogP contribution in [0.1, 0.15) is 52.3 Å². The molecule has 0 saturated carbocycles. The van der Waals surface area contributed by atoms with E-state index in [-0.39, 0.29) is 0 Å². The highest BCUT2D eigenvalue weighted by molar-refractivity contribution is 5.26. The highest BCUT2D eigenvalue weighted by Gasteiger charge is 2.26. The van der Waals surface area contributed by atoms with E-state index < -0.39 is 0 Å². The van der Waals surface area contributed by atoms with Gasteiger partial charge in [-0.15, -0.1) is 0 Å². The van der Waals surface area contributed by atoms with Gasteiger partial charge in [-0.25, -0.2) is 0 Å². The van der Waals surface area contributed by atoms with Gasteiger partial charge in [0.25, 0.3) is 0 Å². The molecule has 0 radical (unpaired) electrons. The lowest BCUT2D eigenvalue weighted by Crippen LogP contribution is -2.45. The second-order valence-electron chi connectivity index (χ2n) is 6.06. The molecule has 1 aliphatic heterocycles. The quantitative estimate of drug-likeness (QED) is 0.838. The molecule has 1 aromatic heterocycles. The molecule has 5 heteroatoms. The van der Waals surface area contributed by atoms with Crippen LogP contribution in [0.25, 0.3) is 0 Å². The van der Waals surface area contributed by atoms with Gasteiger partial charge in [0.1, 0.15) is 0 Å². The minimum atomic E-state index is 0.314. The highest BCUT2D eigenvalue weighted by Crippen LogP contribution is 2.23. The standard InChI is InChI=1S/C14H26N4O/c1-10(2)13-15-14(19-16-13)17(5)12-6-8-18(9-7-12)11(3)4/h10-12H,6-9H2,1-5H3. The average Bonchev–Trinajstić information content (AvgIpc) is 2.87. The predicted octanol–water partition coefficient (Wildman–Crippen LogP) is 2.50. The Hall–Kier alpha value is -1.10. The van der Waals surface area contributed by atoms with Crippen LogP contribution in [-0.2, 0) is 0 Å². The van der Waals surface area contributed by atoms with Gasteiger partial charge >= 0.3 is 6.01 Å². The van der Waals surface area contributed by atoms with E-state index in [1.807, 2.05) is 0 Å². The van der Waals surface area contributed by atoms with Gasteiger partial charge in [0, 0.05) is 38.1 Å². The minimum absolute atomic E-state index is 0.314. The zero-order valence-corrected chi connectivity index (χ0v) is 12.8. The number of aromatic nitrogens is 2. The summed E-state index contributed by atoms with van der Waals surface area (Å²) in [4.78, 5) is 9.15. The summed E-state index contributed by atoms with van der Waals surface area (Å²) in [6, 6.07) is 1.81. The fourth-order valence-electron chi connectivity index (χ4n) is 2.55. The molecule has 0 amide bonds. The van der Waals surface area contributed by atoms with Crippen molar-refractivity contribution in [2.24, 2.45) is 0 Å². The molecule has 0 unspecified atom stereocenters. The van der Waals surface area contributed by atoms with E-state index in [0.29, 0.717) is 24.0 Å². The number of rotatable bonds is 4. The van der Waals surface area contributed by atoms with Crippen molar-refractivity contribution < 1.29 is 4.52 Å². The summed E-state index contributed by atoms with van der Waals surface area (Å²) in [7, 11) is 2.06. The molecule has 1 aromatic rings. The van der Waals surface area contributed by atoms with E-state index in [1.54, 1.807) is 0 Å². The maximum Gasteiger partial charge on any atom is 0.324 e. The van der Waals surface area contributed by atoms with E-state index in [2.05, 4.69) is 54.7 Å². The summed E-state index contributed by atoms with van der Waals surface area (Å²) in [6.07, 6.45) is 2.32. The molecular weight excluding hydrogens is 240 g/mol. The molecule has 0 N–H and O–H groups in total. The number of hydrogen-bond acceptors (Lipinski definition) is 5. The lowest BCUT2D eigenvalue weighted by Gasteiger charge is -2.37. The zero-order valence-electron chi connectivity index (χ0n) is 12.8. The molecule has 2 heterocycles. The van der Waals surface area contributed by atoms with Crippen LogP contribution in [0, 0.1) is 0 Å². The van der Waals surface area contributed by atoms with E-state index >= 15 is 0 Å². The molecule has 1 saturated heterocycles. The lowest BCUT2D eigenvalue weighted by molar-refractivity contribution is 0.169. The normalized spacial score (nSPS) is 18.5. The summed E-state index contributed by atoms with van der Waals surface area (Å²) in [6.45, 7) is 11.0. The molecule has 0 aromatic carbocycles. The predicted molar refractivity (Wildman–Crippen MR) is 76.5 cm³/mol. The number of nitrogens with zero attached hydrogens (tertiary/aromatic N) is 4. The Kier molecular flexibility index (Phi) is 4.45. The van der Waals surface area contributed by atoms with Crippen LogP contribution in [0.15, 0.2) is 4.52 Å². The van der Waals surface area contributed by atoms with Crippen molar-refractivity contribution in [2.45, 2.75) is 58.5 Å². The number of hydrogen-bond donors (Lipinski definition) is 0. The number of anilines is 1. The van der Waals surface area contributed by atoms with E-state index in [4.69, 9.17) is 4.52 Å². The summed E-state index contributed by atoms with van der Waals surface area (Å²) in [5.41, 5.74) is 0. The van der Waals surface area contributed by atoms with E-state index in [9.17, 15) is 0 Å². The smallest absolute Gasteiger partial charge is 0.324 e. The van der Waals surface area contributed by atoms with Crippen molar-refractivity contribution >= 4 is 6.01 Å². The molecule has 2 rings (SSSR count). The second-order valence-corrected chi connectivity index (χ2v) is 6.06. The monoisotopic (exact) mass is 266 g/mol. The van der Waals surface area contributed by atoms with Crippen LogP contribution >= 0.6 is 0 Å². The molecule has 1 aliphatic rings. The Morgan fingerprint density at radius 3 is 2.32 bits per heavy atom. The molecule has 5 nitrogen and oxygen atoms in total. The maximum absolute atomic E-state index is 5.37. The van der Waals surface area contributed by atoms with Gasteiger partial charge in [-0.2, -0.15) is 4.98 Å². The Morgan fingerprint density at radius 1 is 1.21 bits per heavy atom. The van der Waals surface area contributed by atoms with Crippen LogP contribution in [0.2, 0.25) is 0 Å². The van der Waals surface area contributed by atoms with Gasteiger partial charge in [-0.3, -0.25) is 0 Å². The third-order valence-electron chi connectivity index (χ3n) is 4.03.